The van der Waals surface area contributed by atoms with Gasteiger partial charge in [-0.05, 0) is 63.6 Å². The Morgan fingerprint density at radius 1 is 1.13 bits per heavy atom. The van der Waals surface area contributed by atoms with E-state index in [1.54, 1.807) is 14.2 Å². The smallest absolute Gasteiger partial charge is 0.193 e. The Morgan fingerprint density at radius 2 is 1.90 bits per heavy atom. The maximum atomic E-state index is 5.40. The lowest BCUT2D eigenvalue weighted by Crippen LogP contribution is -2.41. The molecule has 172 valence electrons. The number of hydrogen-bond donors (Lipinski definition) is 1. The van der Waals surface area contributed by atoms with E-state index in [1.165, 1.54) is 38.2 Å². The van der Waals surface area contributed by atoms with Crippen molar-refractivity contribution in [3.05, 3.63) is 23.8 Å². The molecule has 0 radical (unpaired) electrons. The van der Waals surface area contributed by atoms with Crippen LogP contribution in [0.5, 0.6) is 11.5 Å². The maximum absolute atomic E-state index is 5.40. The van der Waals surface area contributed by atoms with E-state index in [-0.39, 0.29) is 24.0 Å². The van der Waals surface area contributed by atoms with Crippen molar-refractivity contribution in [1.29, 1.82) is 0 Å². The first-order chi connectivity index (χ1) is 14.1. The molecule has 1 aliphatic heterocycles. The Bertz CT molecular complexity index is 644. The third kappa shape index (κ3) is 8.85. The molecule has 1 aliphatic rings. The van der Waals surface area contributed by atoms with Gasteiger partial charge >= 0.3 is 0 Å². The number of likely N-dealkylation sites (N-methyl/N-ethyl adjacent to an activating group) is 2. The molecule has 0 atom stereocenters. The first-order valence-electron chi connectivity index (χ1n) is 10.6. The van der Waals surface area contributed by atoms with Crippen LogP contribution in [-0.4, -0.2) is 102 Å². The highest BCUT2D eigenvalue weighted by Gasteiger charge is 2.12. The molecule has 1 saturated heterocycles. The second-order valence-corrected chi connectivity index (χ2v) is 7.69. The summed E-state index contributed by atoms with van der Waals surface area (Å²) in [6.07, 6.45) is 3.32. The number of aliphatic imine (C=N–C) groups is 1. The molecular weight excluding hydrogens is 493 g/mol. The zero-order valence-electron chi connectivity index (χ0n) is 19.3. The van der Waals surface area contributed by atoms with Crippen molar-refractivity contribution < 1.29 is 9.47 Å². The number of rotatable bonds is 9. The summed E-state index contributed by atoms with van der Waals surface area (Å²) in [7, 11) is 9.48. The quantitative estimate of drug-likeness (QED) is 0.228. The van der Waals surface area contributed by atoms with Gasteiger partial charge in [-0.25, -0.2) is 0 Å². The maximum Gasteiger partial charge on any atom is 0.193 e. The fourth-order valence-corrected chi connectivity index (χ4v) is 3.65. The molecule has 8 heteroatoms. The Balaban J connectivity index is 0.00000450. The highest BCUT2D eigenvalue weighted by Crippen LogP contribution is 2.27. The van der Waals surface area contributed by atoms with Gasteiger partial charge in [0.2, 0.25) is 0 Å². The van der Waals surface area contributed by atoms with Gasteiger partial charge in [-0.3, -0.25) is 4.99 Å². The zero-order valence-corrected chi connectivity index (χ0v) is 21.6. The second-order valence-electron chi connectivity index (χ2n) is 7.69. The molecule has 1 aromatic carbocycles. The minimum atomic E-state index is 0. The molecule has 1 heterocycles. The molecule has 1 fully saturated rings. The first kappa shape index (κ1) is 26.8. The number of nitrogens with one attached hydrogen (secondary N) is 1. The minimum Gasteiger partial charge on any atom is -0.493 e. The van der Waals surface area contributed by atoms with Crippen molar-refractivity contribution in [1.82, 2.24) is 20.0 Å². The van der Waals surface area contributed by atoms with Gasteiger partial charge in [-0.2, -0.15) is 0 Å². The number of nitrogens with zero attached hydrogens (tertiary/aromatic N) is 4. The molecule has 1 N–H and O–H groups in total. The van der Waals surface area contributed by atoms with Crippen LogP contribution in [0.15, 0.2) is 23.2 Å². The SMILES string of the molecule is CN=C(NCCCN1CCCN(C)CC1)N(C)CCc1ccc(OC)c(OC)c1.I. The van der Waals surface area contributed by atoms with Gasteiger partial charge in [-0.1, -0.05) is 6.07 Å². The Labute approximate surface area is 199 Å². The predicted molar refractivity (Wildman–Crippen MR) is 136 cm³/mol. The molecule has 1 aromatic rings. The van der Waals surface area contributed by atoms with Gasteiger partial charge in [0.25, 0.3) is 0 Å². The standard InChI is InChI=1S/C22H39N5O2.HI/c1-23-22(24-11-6-13-27-14-7-12-25(2)16-17-27)26(3)15-10-19-8-9-20(28-4)21(18-19)29-5;/h8-9,18H,6-7,10-17H2,1-5H3,(H,23,24);1H. The van der Waals surface area contributed by atoms with Crippen LogP contribution in [0.4, 0.5) is 0 Å². The number of benzene rings is 1. The molecule has 0 unspecified atom stereocenters. The highest BCUT2D eigenvalue weighted by atomic mass is 127. The molecule has 0 aliphatic carbocycles. The third-order valence-electron chi connectivity index (χ3n) is 5.50. The van der Waals surface area contributed by atoms with Crippen LogP contribution in [0.1, 0.15) is 18.4 Å². The minimum absolute atomic E-state index is 0. The van der Waals surface area contributed by atoms with Crippen LogP contribution >= 0.6 is 24.0 Å². The lowest BCUT2D eigenvalue weighted by atomic mass is 10.1. The number of methoxy groups -OCH3 is 2. The molecule has 7 nitrogen and oxygen atoms in total. The van der Waals surface area contributed by atoms with E-state index in [0.717, 1.165) is 49.9 Å². The van der Waals surface area contributed by atoms with Crippen LogP contribution in [0, 0.1) is 0 Å². The highest BCUT2D eigenvalue weighted by molar-refractivity contribution is 14.0. The third-order valence-corrected chi connectivity index (χ3v) is 5.50. The average Bonchev–Trinajstić information content (AvgIpc) is 2.95. The lowest BCUT2D eigenvalue weighted by Gasteiger charge is -2.23. The van der Waals surface area contributed by atoms with Crippen molar-refractivity contribution in [2.45, 2.75) is 19.3 Å². The van der Waals surface area contributed by atoms with Gasteiger partial charge in [-0.15, -0.1) is 24.0 Å². The van der Waals surface area contributed by atoms with Crippen molar-refractivity contribution in [3.63, 3.8) is 0 Å². The summed E-state index contributed by atoms with van der Waals surface area (Å²) in [4.78, 5) is 11.6. The van der Waals surface area contributed by atoms with E-state index in [9.17, 15) is 0 Å². The van der Waals surface area contributed by atoms with E-state index in [4.69, 9.17) is 9.47 Å². The van der Waals surface area contributed by atoms with Gasteiger partial charge in [0.05, 0.1) is 14.2 Å². The lowest BCUT2D eigenvalue weighted by molar-refractivity contribution is 0.273. The Kier molecular flexibility index (Phi) is 13.1. The summed E-state index contributed by atoms with van der Waals surface area (Å²) in [5, 5.41) is 3.50. The summed E-state index contributed by atoms with van der Waals surface area (Å²) >= 11 is 0. The molecule has 0 bridgehead atoms. The van der Waals surface area contributed by atoms with Gasteiger partial charge in [0, 0.05) is 40.3 Å². The molecular formula is C22H40IN5O2. The van der Waals surface area contributed by atoms with E-state index in [0.29, 0.717) is 0 Å². The average molecular weight is 533 g/mol. The molecule has 0 saturated carbocycles. The first-order valence-corrected chi connectivity index (χ1v) is 10.6. The number of ether oxygens (including phenoxy) is 2. The molecule has 0 aromatic heterocycles. The predicted octanol–water partition coefficient (Wildman–Crippen LogP) is 2.40. The van der Waals surface area contributed by atoms with Crippen molar-refractivity contribution in [2.75, 3.05) is 81.2 Å². The van der Waals surface area contributed by atoms with Crippen molar-refractivity contribution >= 4 is 29.9 Å². The van der Waals surface area contributed by atoms with Crippen molar-refractivity contribution in [2.24, 2.45) is 4.99 Å². The van der Waals surface area contributed by atoms with Crippen LogP contribution in [0.2, 0.25) is 0 Å². The monoisotopic (exact) mass is 533 g/mol. The summed E-state index contributed by atoms with van der Waals surface area (Å²) in [6.45, 7) is 7.75. The van der Waals surface area contributed by atoms with Crippen molar-refractivity contribution in [3.8, 4) is 11.5 Å². The summed E-state index contributed by atoms with van der Waals surface area (Å²) in [6, 6.07) is 6.09. The summed E-state index contributed by atoms with van der Waals surface area (Å²) in [5.74, 6) is 2.48. The van der Waals surface area contributed by atoms with E-state index < -0.39 is 0 Å². The second kappa shape index (κ2) is 14.7. The van der Waals surface area contributed by atoms with Crippen LogP contribution < -0.4 is 14.8 Å². The number of halogens is 1. The Morgan fingerprint density at radius 3 is 2.60 bits per heavy atom. The van der Waals surface area contributed by atoms with Crippen LogP contribution in [0.3, 0.4) is 0 Å². The normalized spacial score (nSPS) is 15.8. The van der Waals surface area contributed by atoms with E-state index in [1.807, 2.05) is 19.2 Å². The van der Waals surface area contributed by atoms with E-state index >= 15 is 0 Å². The Hall–Kier alpha value is -1.26. The van der Waals surface area contributed by atoms with Gasteiger partial charge in [0.15, 0.2) is 17.5 Å². The molecule has 0 spiro atoms. The number of hydrogen-bond acceptors (Lipinski definition) is 5. The topological polar surface area (TPSA) is 52.6 Å². The number of guanidine groups is 1. The fraction of sp³-hybridized carbons (Fsp3) is 0.682. The summed E-state index contributed by atoms with van der Waals surface area (Å²) < 4.78 is 10.7. The largest absolute Gasteiger partial charge is 0.493 e. The van der Waals surface area contributed by atoms with Crippen LogP contribution in [0.25, 0.3) is 0 Å². The zero-order chi connectivity index (χ0) is 21.1. The van der Waals surface area contributed by atoms with Gasteiger partial charge < -0.3 is 29.5 Å². The van der Waals surface area contributed by atoms with E-state index in [2.05, 4.69) is 45.2 Å². The van der Waals surface area contributed by atoms with Crippen LogP contribution in [-0.2, 0) is 6.42 Å². The molecule has 30 heavy (non-hydrogen) atoms. The van der Waals surface area contributed by atoms with Gasteiger partial charge in [0.1, 0.15) is 0 Å². The molecule has 2 rings (SSSR count). The molecule has 0 amide bonds. The summed E-state index contributed by atoms with van der Waals surface area (Å²) in [5.41, 5.74) is 1.22. The fourth-order valence-electron chi connectivity index (χ4n) is 3.65.